The van der Waals surface area contributed by atoms with E-state index in [-0.39, 0.29) is 12.1 Å². The molecular formula is C16H27NO. The van der Waals surface area contributed by atoms with Crippen molar-refractivity contribution in [2.75, 3.05) is 13.2 Å². The topological polar surface area (TPSA) is 21.3 Å². The van der Waals surface area contributed by atoms with E-state index < -0.39 is 0 Å². The van der Waals surface area contributed by atoms with Gasteiger partial charge in [0.05, 0.1) is 12.1 Å². The molecule has 1 rings (SSSR count). The van der Waals surface area contributed by atoms with Gasteiger partial charge in [-0.3, -0.25) is 0 Å². The highest BCUT2D eigenvalue weighted by Gasteiger charge is 2.25. The second-order valence-electron chi connectivity index (χ2n) is 5.01. The normalized spacial score (nSPS) is 14.7. The van der Waals surface area contributed by atoms with Crippen molar-refractivity contribution in [2.45, 2.75) is 46.3 Å². The fraction of sp³-hybridized carbons (Fsp3) is 0.625. The maximum atomic E-state index is 5.95. The SMILES string of the molecule is CCCNC(c1ccccc1)C(OCC)C(C)C. The Kier molecular flexibility index (Phi) is 6.99. The molecule has 102 valence electrons. The third kappa shape index (κ3) is 4.43. The zero-order valence-electron chi connectivity index (χ0n) is 12.1. The third-order valence-corrected chi connectivity index (χ3v) is 3.12. The van der Waals surface area contributed by atoms with Crippen LogP contribution >= 0.6 is 0 Å². The molecule has 0 aliphatic rings. The number of rotatable bonds is 8. The first-order chi connectivity index (χ1) is 8.70. The van der Waals surface area contributed by atoms with E-state index in [9.17, 15) is 0 Å². The lowest BCUT2D eigenvalue weighted by Crippen LogP contribution is -2.37. The molecule has 2 atom stereocenters. The molecule has 18 heavy (non-hydrogen) atoms. The summed E-state index contributed by atoms with van der Waals surface area (Å²) >= 11 is 0. The number of nitrogens with one attached hydrogen (secondary N) is 1. The molecule has 0 aliphatic carbocycles. The molecule has 0 saturated carbocycles. The molecule has 1 N–H and O–H groups in total. The maximum Gasteiger partial charge on any atom is 0.0792 e. The second kappa shape index (κ2) is 8.28. The second-order valence-corrected chi connectivity index (χ2v) is 5.01. The molecule has 0 spiro atoms. The van der Waals surface area contributed by atoms with Crippen LogP contribution in [-0.4, -0.2) is 19.3 Å². The van der Waals surface area contributed by atoms with Gasteiger partial charge in [0, 0.05) is 6.61 Å². The first kappa shape index (κ1) is 15.2. The van der Waals surface area contributed by atoms with Gasteiger partial charge < -0.3 is 10.1 Å². The van der Waals surface area contributed by atoms with Crippen molar-refractivity contribution in [3.05, 3.63) is 35.9 Å². The molecule has 0 amide bonds. The van der Waals surface area contributed by atoms with Gasteiger partial charge in [0.1, 0.15) is 0 Å². The Labute approximate surface area is 112 Å². The predicted octanol–water partition coefficient (Wildman–Crippen LogP) is 3.79. The Morgan fingerprint density at radius 2 is 1.78 bits per heavy atom. The lowest BCUT2D eigenvalue weighted by atomic mass is 9.93. The van der Waals surface area contributed by atoms with Crippen molar-refractivity contribution in [3.63, 3.8) is 0 Å². The summed E-state index contributed by atoms with van der Waals surface area (Å²) < 4.78 is 5.95. The van der Waals surface area contributed by atoms with Crippen LogP contribution in [0.1, 0.15) is 45.7 Å². The van der Waals surface area contributed by atoms with Crippen molar-refractivity contribution in [2.24, 2.45) is 5.92 Å². The molecule has 0 radical (unpaired) electrons. The molecule has 0 aliphatic heterocycles. The van der Waals surface area contributed by atoms with E-state index in [1.54, 1.807) is 0 Å². The summed E-state index contributed by atoms with van der Waals surface area (Å²) in [6, 6.07) is 10.9. The van der Waals surface area contributed by atoms with Crippen LogP contribution in [0.2, 0.25) is 0 Å². The number of hydrogen-bond donors (Lipinski definition) is 1. The van der Waals surface area contributed by atoms with E-state index in [0.29, 0.717) is 5.92 Å². The number of ether oxygens (including phenoxy) is 1. The van der Waals surface area contributed by atoms with Gasteiger partial charge in [-0.25, -0.2) is 0 Å². The van der Waals surface area contributed by atoms with Gasteiger partial charge in [0.25, 0.3) is 0 Å². The lowest BCUT2D eigenvalue weighted by molar-refractivity contribution is 0.00284. The van der Waals surface area contributed by atoms with Gasteiger partial charge in [-0.05, 0) is 31.4 Å². The summed E-state index contributed by atoms with van der Waals surface area (Å²) in [6.45, 7) is 10.5. The van der Waals surface area contributed by atoms with E-state index >= 15 is 0 Å². The van der Waals surface area contributed by atoms with Crippen LogP contribution in [-0.2, 0) is 4.74 Å². The Balaban J connectivity index is 2.88. The number of benzene rings is 1. The molecule has 1 aromatic carbocycles. The molecule has 0 heterocycles. The monoisotopic (exact) mass is 249 g/mol. The zero-order chi connectivity index (χ0) is 13.4. The van der Waals surface area contributed by atoms with Crippen LogP contribution in [0.15, 0.2) is 30.3 Å². The van der Waals surface area contributed by atoms with Crippen LogP contribution in [0, 0.1) is 5.92 Å². The summed E-state index contributed by atoms with van der Waals surface area (Å²) in [7, 11) is 0. The molecule has 0 saturated heterocycles. The molecule has 0 fully saturated rings. The Morgan fingerprint density at radius 3 is 2.28 bits per heavy atom. The van der Waals surface area contributed by atoms with Gasteiger partial charge in [0.2, 0.25) is 0 Å². The van der Waals surface area contributed by atoms with Gasteiger partial charge in [0.15, 0.2) is 0 Å². The summed E-state index contributed by atoms with van der Waals surface area (Å²) in [5.74, 6) is 0.500. The average Bonchev–Trinajstić information content (AvgIpc) is 2.39. The smallest absolute Gasteiger partial charge is 0.0792 e. The van der Waals surface area contributed by atoms with Crippen molar-refractivity contribution >= 4 is 0 Å². The van der Waals surface area contributed by atoms with E-state index in [1.165, 1.54) is 5.56 Å². The Bertz CT molecular complexity index is 310. The van der Waals surface area contributed by atoms with E-state index in [0.717, 1.165) is 19.6 Å². The van der Waals surface area contributed by atoms with Crippen molar-refractivity contribution in [1.82, 2.24) is 5.32 Å². The van der Waals surface area contributed by atoms with Gasteiger partial charge in [-0.1, -0.05) is 51.1 Å². The summed E-state index contributed by atoms with van der Waals surface area (Å²) in [4.78, 5) is 0. The quantitative estimate of drug-likeness (QED) is 0.757. The standard InChI is InChI=1S/C16H27NO/c1-5-12-17-15(14-10-8-7-9-11-14)16(13(3)4)18-6-2/h7-11,13,15-17H,5-6,12H2,1-4H3. The Hall–Kier alpha value is -0.860. The van der Waals surface area contributed by atoms with Gasteiger partial charge >= 0.3 is 0 Å². The van der Waals surface area contributed by atoms with E-state index in [2.05, 4.69) is 63.3 Å². The van der Waals surface area contributed by atoms with Gasteiger partial charge in [-0.15, -0.1) is 0 Å². The molecule has 2 unspecified atom stereocenters. The molecule has 0 aromatic heterocycles. The van der Waals surface area contributed by atoms with Crippen molar-refractivity contribution in [3.8, 4) is 0 Å². The molecular weight excluding hydrogens is 222 g/mol. The highest BCUT2D eigenvalue weighted by molar-refractivity contribution is 5.20. The Morgan fingerprint density at radius 1 is 1.11 bits per heavy atom. The fourth-order valence-corrected chi connectivity index (χ4v) is 2.25. The predicted molar refractivity (Wildman–Crippen MR) is 77.7 cm³/mol. The zero-order valence-corrected chi connectivity index (χ0v) is 12.1. The average molecular weight is 249 g/mol. The van der Waals surface area contributed by atoms with E-state index in [1.807, 2.05) is 0 Å². The lowest BCUT2D eigenvalue weighted by Gasteiger charge is -2.31. The summed E-state index contributed by atoms with van der Waals surface area (Å²) in [5.41, 5.74) is 1.32. The third-order valence-electron chi connectivity index (χ3n) is 3.12. The van der Waals surface area contributed by atoms with Crippen molar-refractivity contribution < 1.29 is 4.74 Å². The van der Waals surface area contributed by atoms with Crippen LogP contribution in [0.25, 0.3) is 0 Å². The minimum absolute atomic E-state index is 0.226. The minimum atomic E-state index is 0.226. The van der Waals surface area contributed by atoms with Gasteiger partial charge in [-0.2, -0.15) is 0 Å². The summed E-state index contributed by atoms with van der Waals surface area (Å²) in [6.07, 6.45) is 1.37. The molecule has 0 bridgehead atoms. The summed E-state index contributed by atoms with van der Waals surface area (Å²) in [5, 5.41) is 3.63. The number of hydrogen-bond acceptors (Lipinski definition) is 2. The fourth-order valence-electron chi connectivity index (χ4n) is 2.25. The van der Waals surface area contributed by atoms with Crippen molar-refractivity contribution in [1.29, 1.82) is 0 Å². The van der Waals surface area contributed by atoms with Crippen LogP contribution in [0.5, 0.6) is 0 Å². The highest BCUT2D eigenvalue weighted by Crippen LogP contribution is 2.24. The highest BCUT2D eigenvalue weighted by atomic mass is 16.5. The molecule has 1 aromatic rings. The first-order valence-corrected chi connectivity index (χ1v) is 7.10. The maximum absolute atomic E-state index is 5.95. The first-order valence-electron chi connectivity index (χ1n) is 7.10. The molecule has 2 heteroatoms. The minimum Gasteiger partial charge on any atom is -0.376 e. The van der Waals surface area contributed by atoms with Crippen LogP contribution in [0.3, 0.4) is 0 Å². The molecule has 2 nitrogen and oxygen atoms in total. The van der Waals surface area contributed by atoms with Crippen LogP contribution in [0.4, 0.5) is 0 Å². The van der Waals surface area contributed by atoms with Crippen LogP contribution < -0.4 is 5.32 Å². The van der Waals surface area contributed by atoms with E-state index in [4.69, 9.17) is 4.74 Å². The largest absolute Gasteiger partial charge is 0.376 e.